The summed E-state index contributed by atoms with van der Waals surface area (Å²) in [5.41, 5.74) is 3.09. The highest BCUT2D eigenvalue weighted by Crippen LogP contribution is 2.36. The van der Waals surface area contributed by atoms with E-state index in [2.05, 4.69) is 30.3 Å². The number of ether oxygens (including phenoxy) is 1. The van der Waals surface area contributed by atoms with Crippen molar-refractivity contribution in [2.45, 2.75) is 13.8 Å². The highest BCUT2D eigenvalue weighted by atomic mass is 32.2. The molecule has 0 aliphatic carbocycles. The summed E-state index contributed by atoms with van der Waals surface area (Å²) >= 11 is 0.989. The third-order valence-corrected chi connectivity index (χ3v) is 6.79. The van der Waals surface area contributed by atoms with E-state index >= 15 is 0 Å². The Hall–Kier alpha value is -3.57. The Morgan fingerprint density at radius 1 is 0.879 bits per heavy atom. The number of amides is 2. The lowest BCUT2D eigenvalue weighted by atomic mass is 9.96. The second-order valence-corrected chi connectivity index (χ2v) is 9.18. The van der Waals surface area contributed by atoms with Crippen LogP contribution in [0.2, 0.25) is 0 Å². The average Bonchev–Trinajstić information content (AvgIpc) is 3.08. The molecule has 4 nitrogen and oxygen atoms in total. The smallest absolute Gasteiger partial charge is 0.293 e. The van der Waals surface area contributed by atoms with Gasteiger partial charge in [-0.05, 0) is 82.1 Å². The summed E-state index contributed by atoms with van der Waals surface area (Å²) in [6.45, 7) is 4.45. The van der Waals surface area contributed by atoms with Gasteiger partial charge in [0, 0.05) is 0 Å². The summed E-state index contributed by atoms with van der Waals surface area (Å²) in [6.07, 6.45) is 1.86. The van der Waals surface area contributed by atoms with Crippen LogP contribution in [0.1, 0.15) is 16.7 Å². The Morgan fingerprint density at radius 2 is 1.55 bits per heavy atom. The first kappa shape index (κ1) is 21.3. The van der Waals surface area contributed by atoms with E-state index in [9.17, 15) is 9.59 Å². The number of fused-ring (bicyclic) bond motifs is 2. The molecule has 4 aromatic rings. The van der Waals surface area contributed by atoms with Crippen LogP contribution in [0.5, 0.6) is 5.75 Å². The van der Waals surface area contributed by atoms with Gasteiger partial charge in [-0.3, -0.25) is 14.5 Å². The van der Waals surface area contributed by atoms with Gasteiger partial charge >= 0.3 is 0 Å². The Morgan fingerprint density at radius 3 is 2.24 bits per heavy atom. The van der Waals surface area contributed by atoms with Gasteiger partial charge in [-0.1, -0.05) is 60.7 Å². The van der Waals surface area contributed by atoms with E-state index in [4.69, 9.17) is 4.74 Å². The molecule has 33 heavy (non-hydrogen) atoms. The van der Waals surface area contributed by atoms with Crippen molar-refractivity contribution in [3.8, 4) is 5.75 Å². The van der Waals surface area contributed by atoms with Gasteiger partial charge in [0.25, 0.3) is 11.1 Å². The zero-order valence-electron chi connectivity index (χ0n) is 18.5. The molecule has 5 heteroatoms. The number of hydrogen-bond donors (Lipinski definition) is 0. The number of carbonyl (C=O) groups excluding carboxylic acids is 2. The van der Waals surface area contributed by atoms with Gasteiger partial charge < -0.3 is 4.74 Å². The van der Waals surface area contributed by atoms with Crippen molar-refractivity contribution < 1.29 is 14.3 Å². The van der Waals surface area contributed by atoms with E-state index in [1.807, 2.05) is 62.4 Å². The van der Waals surface area contributed by atoms with Crippen molar-refractivity contribution >= 4 is 50.5 Å². The first-order chi connectivity index (χ1) is 16.0. The van der Waals surface area contributed by atoms with Crippen LogP contribution in [-0.2, 0) is 4.79 Å². The van der Waals surface area contributed by atoms with Crippen LogP contribution in [0.15, 0.2) is 77.7 Å². The summed E-state index contributed by atoms with van der Waals surface area (Å²) in [5, 5.41) is 4.05. The molecule has 2 amide bonds. The summed E-state index contributed by atoms with van der Waals surface area (Å²) in [6, 6.07) is 24.4. The van der Waals surface area contributed by atoms with Crippen molar-refractivity contribution in [1.82, 2.24) is 4.90 Å². The van der Waals surface area contributed by atoms with Crippen molar-refractivity contribution in [3.63, 3.8) is 0 Å². The molecule has 164 valence electrons. The number of imide groups is 1. The first-order valence-electron chi connectivity index (χ1n) is 10.9. The van der Waals surface area contributed by atoms with Gasteiger partial charge in [0.05, 0.1) is 11.4 Å². The summed E-state index contributed by atoms with van der Waals surface area (Å²) in [7, 11) is 0. The molecule has 1 saturated heterocycles. The normalized spacial score (nSPS) is 15.2. The van der Waals surface area contributed by atoms with E-state index in [1.165, 1.54) is 4.90 Å². The third kappa shape index (κ3) is 4.12. The number of aryl methyl sites for hydroxylation is 2. The van der Waals surface area contributed by atoms with E-state index in [1.54, 1.807) is 0 Å². The van der Waals surface area contributed by atoms with Crippen LogP contribution < -0.4 is 4.74 Å². The van der Waals surface area contributed by atoms with Crippen LogP contribution in [0.3, 0.4) is 0 Å². The molecule has 0 unspecified atom stereocenters. The Kier molecular flexibility index (Phi) is 5.65. The molecule has 1 fully saturated rings. The van der Waals surface area contributed by atoms with E-state index in [0.717, 1.165) is 55.7 Å². The first-order valence-corrected chi connectivity index (χ1v) is 11.7. The number of rotatable bonds is 5. The lowest BCUT2D eigenvalue weighted by Crippen LogP contribution is -2.32. The molecular weight excluding hydrogens is 430 g/mol. The highest BCUT2D eigenvalue weighted by Gasteiger charge is 2.35. The fourth-order valence-electron chi connectivity index (χ4n) is 4.14. The minimum atomic E-state index is -0.272. The molecule has 0 atom stereocenters. The molecule has 1 heterocycles. The van der Waals surface area contributed by atoms with Crippen LogP contribution in [-0.4, -0.2) is 29.2 Å². The van der Waals surface area contributed by atoms with Crippen molar-refractivity contribution in [1.29, 1.82) is 0 Å². The van der Waals surface area contributed by atoms with Gasteiger partial charge in [-0.2, -0.15) is 0 Å². The SMILES string of the molecule is Cc1ccc(C)c(OCCN2C(=O)S/C(=C\c3c4ccccc4cc4ccccc34)C2=O)c1. The van der Waals surface area contributed by atoms with E-state index in [0.29, 0.717) is 4.91 Å². The molecule has 0 spiro atoms. The summed E-state index contributed by atoms with van der Waals surface area (Å²) in [5.74, 6) is 0.506. The molecule has 0 saturated carbocycles. The van der Waals surface area contributed by atoms with Crippen LogP contribution >= 0.6 is 11.8 Å². The van der Waals surface area contributed by atoms with Crippen LogP contribution in [0.25, 0.3) is 27.6 Å². The minimum Gasteiger partial charge on any atom is -0.491 e. The topological polar surface area (TPSA) is 46.6 Å². The maximum Gasteiger partial charge on any atom is 0.293 e. The molecular formula is C28H23NO3S. The van der Waals surface area contributed by atoms with Crippen molar-refractivity contribution in [2.75, 3.05) is 13.2 Å². The summed E-state index contributed by atoms with van der Waals surface area (Å²) in [4.78, 5) is 27.5. The van der Waals surface area contributed by atoms with Crippen molar-refractivity contribution in [2.24, 2.45) is 0 Å². The Bertz CT molecular complexity index is 1390. The maximum absolute atomic E-state index is 13.1. The fourth-order valence-corrected chi connectivity index (χ4v) is 4.98. The van der Waals surface area contributed by atoms with Gasteiger partial charge in [0.2, 0.25) is 0 Å². The van der Waals surface area contributed by atoms with Crippen molar-refractivity contribution in [3.05, 3.63) is 94.4 Å². The molecule has 0 radical (unpaired) electrons. The quantitative estimate of drug-likeness (QED) is 0.248. The second kappa shape index (κ2) is 8.75. The molecule has 4 aromatic carbocycles. The number of benzene rings is 4. The van der Waals surface area contributed by atoms with Gasteiger partial charge in [-0.15, -0.1) is 0 Å². The van der Waals surface area contributed by atoms with Gasteiger partial charge in [0.1, 0.15) is 12.4 Å². The molecule has 0 aromatic heterocycles. The van der Waals surface area contributed by atoms with Crippen LogP contribution in [0, 0.1) is 13.8 Å². The lowest BCUT2D eigenvalue weighted by Gasteiger charge is -2.14. The Labute approximate surface area is 196 Å². The van der Waals surface area contributed by atoms with Crippen LogP contribution in [0.4, 0.5) is 4.79 Å². The highest BCUT2D eigenvalue weighted by molar-refractivity contribution is 8.18. The monoisotopic (exact) mass is 453 g/mol. The number of carbonyl (C=O) groups is 2. The molecule has 0 bridgehead atoms. The minimum absolute atomic E-state index is 0.214. The number of nitrogens with zero attached hydrogens (tertiary/aromatic N) is 1. The average molecular weight is 454 g/mol. The summed E-state index contributed by atoms with van der Waals surface area (Å²) < 4.78 is 5.87. The number of hydrogen-bond acceptors (Lipinski definition) is 4. The largest absolute Gasteiger partial charge is 0.491 e. The standard InChI is InChI=1S/C28H23NO3S/c1-18-11-12-19(2)25(15-18)32-14-13-29-27(30)26(33-28(29)31)17-24-22-9-5-3-7-20(22)16-21-8-4-6-10-23(21)24/h3-12,15-17H,13-14H2,1-2H3/b26-17-. The Balaban J connectivity index is 1.42. The molecule has 1 aliphatic heterocycles. The van der Waals surface area contributed by atoms with Gasteiger partial charge in [0.15, 0.2) is 0 Å². The fraction of sp³-hybridized carbons (Fsp3) is 0.143. The number of thioether (sulfide) groups is 1. The third-order valence-electron chi connectivity index (χ3n) is 5.88. The maximum atomic E-state index is 13.1. The zero-order valence-corrected chi connectivity index (χ0v) is 19.3. The molecule has 0 N–H and O–H groups in total. The lowest BCUT2D eigenvalue weighted by molar-refractivity contribution is -0.123. The predicted octanol–water partition coefficient (Wildman–Crippen LogP) is 6.73. The van der Waals surface area contributed by atoms with E-state index < -0.39 is 0 Å². The second-order valence-electron chi connectivity index (χ2n) is 8.18. The molecule has 1 aliphatic rings. The predicted molar refractivity (Wildman–Crippen MR) is 136 cm³/mol. The molecule has 5 rings (SSSR count). The zero-order chi connectivity index (χ0) is 22.9. The van der Waals surface area contributed by atoms with E-state index in [-0.39, 0.29) is 24.3 Å². The van der Waals surface area contributed by atoms with Gasteiger partial charge in [-0.25, -0.2) is 0 Å².